The number of fused-ring (bicyclic) bond motifs is 1. The molecule has 3 heteroatoms. The first-order chi connectivity index (χ1) is 9.72. The van der Waals surface area contributed by atoms with E-state index in [2.05, 4.69) is 36.6 Å². The van der Waals surface area contributed by atoms with Crippen LogP contribution in [0.5, 0.6) is 0 Å². The lowest BCUT2D eigenvalue weighted by atomic mass is 9.85. The molecule has 0 spiro atoms. The summed E-state index contributed by atoms with van der Waals surface area (Å²) in [4.78, 5) is 12.7. The molecule has 1 heterocycles. The summed E-state index contributed by atoms with van der Waals surface area (Å²) in [5.74, 6) is 1.91. The molecule has 1 aliphatic heterocycles. The number of carbonyl (C=O) groups is 1. The zero-order chi connectivity index (χ0) is 14.1. The summed E-state index contributed by atoms with van der Waals surface area (Å²) >= 11 is 0. The van der Waals surface area contributed by atoms with Crippen molar-refractivity contribution >= 4 is 5.91 Å². The minimum Gasteiger partial charge on any atom is -0.352 e. The molecule has 1 aromatic rings. The highest BCUT2D eigenvalue weighted by Gasteiger charge is 2.54. The van der Waals surface area contributed by atoms with E-state index in [4.69, 9.17) is 0 Å². The van der Waals surface area contributed by atoms with Crippen molar-refractivity contribution in [3.63, 3.8) is 0 Å². The highest BCUT2D eigenvalue weighted by Crippen LogP contribution is 2.42. The van der Waals surface area contributed by atoms with Gasteiger partial charge in [-0.25, -0.2) is 0 Å². The van der Waals surface area contributed by atoms with E-state index in [-0.39, 0.29) is 11.8 Å². The average Bonchev–Trinajstić information content (AvgIpc) is 2.89. The molecule has 1 aliphatic carbocycles. The maximum Gasteiger partial charge on any atom is 0.228 e. The molecule has 0 radical (unpaired) electrons. The summed E-state index contributed by atoms with van der Waals surface area (Å²) in [6, 6.07) is 10.6. The largest absolute Gasteiger partial charge is 0.352 e. The van der Waals surface area contributed by atoms with Crippen LogP contribution < -0.4 is 10.6 Å². The van der Waals surface area contributed by atoms with E-state index in [9.17, 15) is 4.79 Å². The molecule has 1 saturated heterocycles. The fourth-order valence-corrected chi connectivity index (χ4v) is 3.52. The van der Waals surface area contributed by atoms with Gasteiger partial charge in [-0.1, -0.05) is 50.6 Å². The first kappa shape index (κ1) is 13.6. The van der Waals surface area contributed by atoms with Crippen molar-refractivity contribution in [3.05, 3.63) is 35.9 Å². The van der Waals surface area contributed by atoms with Crippen molar-refractivity contribution in [3.8, 4) is 0 Å². The van der Waals surface area contributed by atoms with E-state index in [0.717, 1.165) is 25.1 Å². The predicted molar refractivity (Wildman–Crippen MR) is 80.4 cm³/mol. The topological polar surface area (TPSA) is 41.1 Å². The van der Waals surface area contributed by atoms with Crippen LogP contribution in [0.15, 0.2) is 30.3 Å². The van der Waals surface area contributed by atoms with Crippen LogP contribution in [0.25, 0.3) is 0 Å². The highest BCUT2D eigenvalue weighted by atomic mass is 16.2. The second-order valence-corrected chi connectivity index (χ2v) is 6.29. The second kappa shape index (κ2) is 5.57. The summed E-state index contributed by atoms with van der Waals surface area (Å²) in [6.07, 6.45) is 1.02. The van der Waals surface area contributed by atoms with Crippen molar-refractivity contribution in [1.29, 1.82) is 0 Å². The molecule has 0 bridgehead atoms. The Bertz CT molecular complexity index is 463. The normalized spacial score (nSPS) is 30.4. The van der Waals surface area contributed by atoms with Crippen LogP contribution in [0, 0.1) is 17.8 Å². The molecule has 0 aromatic heterocycles. The molecular weight excluding hydrogens is 248 g/mol. The molecule has 2 N–H and O–H groups in total. The van der Waals surface area contributed by atoms with E-state index in [1.165, 1.54) is 0 Å². The van der Waals surface area contributed by atoms with Gasteiger partial charge in [0, 0.05) is 19.1 Å². The predicted octanol–water partition coefficient (Wildman–Crippen LogP) is 2.15. The number of rotatable bonds is 5. The zero-order valence-corrected chi connectivity index (χ0v) is 12.3. The van der Waals surface area contributed by atoms with Crippen LogP contribution in [-0.2, 0) is 4.79 Å². The van der Waals surface area contributed by atoms with Gasteiger partial charge < -0.3 is 10.6 Å². The van der Waals surface area contributed by atoms with Crippen LogP contribution in [0.1, 0.15) is 31.7 Å². The number of nitrogens with one attached hydrogen (secondary N) is 2. The van der Waals surface area contributed by atoms with Crippen LogP contribution in [0.3, 0.4) is 0 Å². The molecule has 1 amide bonds. The van der Waals surface area contributed by atoms with Gasteiger partial charge in [0.1, 0.15) is 0 Å². The number of piperidine rings is 1. The molecule has 3 nitrogen and oxygen atoms in total. The van der Waals surface area contributed by atoms with E-state index in [1.807, 2.05) is 18.2 Å². The van der Waals surface area contributed by atoms with Gasteiger partial charge in [-0.2, -0.15) is 0 Å². The lowest BCUT2D eigenvalue weighted by Gasteiger charge is -2.23. The molecule has 1 aromatic carbocycles. The molecule has 1 saturated carbocycles. The van der Waals surface area contributed by atoms with Gasteiger partial charge in [-0.05, 0) is 23.3 Å². The monoisotopic (exact) mass is 272 g/mol. The third-order valence-corrected chi connectivity index (χ3v) is 5.05. The van der Waals surface area contributed by atoms with Crippen LogP contribution in [0.4, 0.5) is 0 Å². The zero-order valence-electron chi connectivity index (χ0n) is 12.3. The van der Waals surface area contributed by atoms with E-state index >= 15 is 0 Å². The van der Waals surface area contributed by atoms with E-state index in [0.29, 0.717) is 23.8 Å². The third-order valence-electron chi connectivity index (χ3n) is 5.05. The quantitative estimate of drug-likeness (QED) is 0.862. The molecule has 2 aliphatic rings. The number of amides is 1. The Balaban J connectivity index is 1.71. The van der Waals surface area contributed by atoms with Gasteiger partial charge in [0.25, 0.3) is 0 Å². The van der Waals surface area contributed by atoms with Crippen LogP contribution >= 0.6 is 0 Å². The number of hydrogen-bond donors (Lipinski definition) is 2. The lowest BCUT2D eigenvalue weighted by molar-refractivity contribution is -0.124. The smallest absolute Gasteiger partial charge is 0.228 e. The van der Waals surface area contributed by atoms with Gasteiger partial charge in [-0.15, -0.1) is 0 Å². The summed E-state index contributed by atoms with van der Waals surface area (Å²) in [7, 11) is 0. The van der Waals surface area contributed by atoms with E-state index in [1.54, 1.807) is 0 Å². The van der Waals surface area contributed by atoms with Crippen LogP contribution in [0.2, 0.25) is 0 Å². The minimum atomic E-state index is -0.0181. The van der Waals surface area contributed by atoms with Crippen molar-refractivity contribution < 1.29 is 4.79 Å². The first-order valence-corrected chi connectivity index (χ1v) is 7.78. The Morgan fingerprint density at radius 3 is 2.55 bits per heavy atom. The third kappa shape index (κ3) is 2.47. The number of carbonyl (C=O) groups excluding carboxylic acids is 1. The maximum atomic E-state index is 12.7. The van der Waals surface area contributed by atoms with Gasteiger partial charge >= 0.3 is 0 Å². The van der Waals surface area contributed by atoms with Gasteiger partial charge in [0.15, 0.2) is 0 Å². The minimum absolute atomic E-state index is 0.0181. The summed E-state index contributed by atoms with van der Waals surface area (Å²) < 4.78 is 0. The standard InChI is InChI=1S/C17H24N2O/c1-3-11(2)15(12-7-5-4-6-8-12)17(20)19-16-13-9-18-10-14(13)16/h4-8,11,13-16,18H,3,9-10H2,1-2H3,(H,19,20). The molecular formula is C17H24N2O. The van der Waals surface area contributed by atoms with E-state index < -0.39 is 0 Å². The van der Waals surface area contributed by atoms with Crippen molar-refractivity contribution in [2.75, 3.05) is 13.1 Å². The Kier molecular flexibility index (Phi) is 3.79. The summed E-state index contributed by atoms with van der Waals surface area (Å²) in [5.41, 5.74) is 1.14. The molecule has 2 fully saturated rings. The molecule has 3 rings (SSSR count). The van der Waals surface area contributed by atoms with Crippen LogP contribution in [-0.4, -0.2) is 25.0 Å². The SMILES string of the molecule is CCC(C)C(C(=O)NC1C2CNCC21)c1ccccc1. The van der Waals surface area contributed by atoms with Crippen molar-refractivity contribution in [2.24, 2.45) is 17.8 Å². The maximum absolute atomic E-state index is 12.7. The lowest BCUT2D eigenvalue weighted by Crippen LogP contribution is -2.37. The molecule has 4 unspecified atom stereocenters. The van der Waals surface area contributed by atoms with Gasteiger partial charge in [-0.3, -0.25) is 4.79 Å². The van der Waals surface area contributed by atoms with Gasteiger partial charge in [0.2, 0.25) is 5.91 Å². The molecule has 4 atom stereocenters. The number of benzene rings is 1. The summed E-state index contributed by atoms with van der Waals surface area (Å²) in [5, 5.41) is 6.66. The number of hydrogen-bond acceptors (Lipinski definition) is 2. The summed E-state index contributed by atoms with van der Waals surface area (Å²) in [6.45, 7) is 6.46. The molecule has 108 valence electrons. The molecule has 20 heavy (non-hydrogen) atoms. The first-order valence-electron chi connectivity index (χ1n) is 7.78. The second-order valence-electron chi connectivity index (χ2n) is 6.29. The Labute approximate surface area is 121 Å². The fraction of sp³-hybridized carbons (Fsp3) is 0.588. The van der Waals surface area contributed by atoms with Crippen molar-refractivity contribution in [2.45, 2.75) is 32.2 Å². The Hall–Kier alpha value is -1.35. The van der Waals surface area contributed by atoms with Crippen molar-refractivity contribution in [1.82, 2.24) is 10.6 Å². The highest BCUT2D eigenvalue weighted by molar-refractivity contribution is 5.84. The Morgan fingerprint density at radius 2 is 1.95 bits per heavy atom. The fourth-order valence-electron chi connectivity index (χ4n) is 3.52. The average molecular weight is 272 g/mol. The van der Waals surface area contributed by atoms with Gasteiger partial charge in [0.05, 0.1) is 5.92 Å². The Morgan fingerprint density at radius 1 is 1.30 bits per heavy atom.